The summed E-state index contributed by atoms with van der Waals surface area (Å²) in [6.45, 7) is 6.33. The van der Waals surface area contributed by atoms with Crippen LogP contribution < -0.4 is 4.90 Å². The Labute approximate surface area is 197 Å². The van der Waals surface area contributed by atoms with Crippen LogP contribution in [0, 0.1) is 12.8 Å². The molecule has 0 bridgehead atoms. The Hall–Kier alpha value is -2.42. The number of hydrogen-bond acceptors (Lipinski definition) is 5. The van der Waals surface area contributed by atoms with Crippen LogP contribution in [-0.4, -0.2) is 70.0 Å². The van der Waals surface area contributed by atoms with Gasteiger partial charge >= 0.3 is 0 Å². The Balaban J connectivity index is 1.37. The number of hydrogen-bond donors (Lipinski definition) is 0. The Morgan fingerprint density at radius 2 is 1.64 bits per heavy atom. The topological polar surface area (TPSA) is 70.2 Å². The maximum Gasteiger partial charge on any atom is 0.243 e. The predicted molar refractivity (Wildman–Crippen MR) is 129 cm³/mol. The molecule has 2 aromatic rings. The number of aryl methyl sites for hydroxylation is 1. The van der Waals surface area contributed by atoms with Gasteiger partial charge in [0.1, 0.15) is 0 Å². The zero-order valence-corrected chi connectivity index (χ0v) is 20.3. The normalized spacial score (nSPS) is 18.3. The summed E-state index contributed by atoms with van der Waals surface area (Å²) >= 11 is 0. The van der Waals surface area contributed by atoms with Gasteiger partial charge in [-0.15, -0.1) is 0 Å². The number of sulfonamides is 1. The van der Waals surface area contributed by atoms with E-state index in [1.54, 1.807) is 17.0 Å². The van der Waals surface area contributed by atoms with Crippen molar-refractivity contribution in [3.05, 3.63) is 59.7 Å². The zero-order valence-electron chi connectivity index (χ0n) is 19.4. The minimum Gasteiger partial charge on any atom is -0.378 e. The molecule has 2 aliphatic heterocycles. The smallest absolute Gasteiger partial charge is 0.243 e. The first-order valence-corrected chi connectivity index (χ1v) is 13.0. The molecule has 2 fully saturated rings. The molecular formula is C25H33N3O4S. The molecule has 0 spiro atoms. The molecule has 7 nitrogen and oxygen atoms in total. The van der Waals surface area contributed by atoms with Crippen LogP contribution in [-0.2, 0) is 26.1 Å². The summed E-state index contributed by atoms with van der Waals surface area (Å²) in [6.07, 6.45) is 1.08. The van der Waals surface area contributed by atoms with Gasteiger partial charge in [0.25, 0.3) is 0 Å². The molecule has 178 valence electrons. The number of rotatable bonds is 6. The van der Waals surface area contributed by atoms with E-state index >= 15 is 0 Å². The van der Waals surface area contributed by atoms with E-state index in [9.17, 15) is 13.2 Å². The van der Waals surface area contributed by atoms with Gasteiger partial charge in [-0.3, -0.25) is 4.79 Å². The lowest BCUT2D eigenvalue weighted by Gasteiger charge is -2.34. The molecule has 2 saturated heterocycles. The fourth-order valence-corrected chi connectivity index (χ4v) is 6.07. The van der Waals surface area contributed by atoms with Gasteiger partial charge < -0.3 is 14.5 Å². The standard InChI is InChI=1S/C25H33N3O4S/c1-20-7-9-23(10-8-20)33(30,31)28-13-11-21(12-14-28)25(29)26(2)19-22-5-3-4-6-24(22)27-15-17-32-18-16-27/h3-10,21H,11-19H2,1-2H3. The molecule has 0 atom stereocenters. The minimum atomic E-state index is -3.52. The summed E-state index contributed by atoms with van der Waals surface area (Å²) in [5.74, 6) is -0.0748. The average molecular weight is 472 g/mol. The number of morpholine rings is 1. The summed E-state index contributed by atoms with van der Waals surface area (Å²) in [4.78, 5) is 17.6. The van der Waals surface area contributed by atoms with E-state index in [0.29, 0.717) is 50.6 Å². The minimum absolute atomic E-state index is 0.0826. The quantitative estimate of drug-likeness (QED) is 0.648. The predicted octanol–water partition coefficient (Wildman–Crippen LogP) is 2.89. The van der Waals surface area contributed by atoms with Crippen LogP contribution in [0.1, 0.15) is 24.0 Å². The van der Waals surface area contributed by atoms with Crippen molar-refractivity contribution in [3.63, 3.8) is 0 Å². The van der Waals surface area contributed by atoms with Gasteiger partial charge in [-0.2, -0.15) is 4.31 Å². The van der Waals surface area contributed by atoms with Gasteiger partial charge in [-0.1, -0.05) is 35.9 Å². The number of para-hydroxylation sites is 1. The van der Waals surface area contributed by atoms with E-state index in [4.69, 9.17) is 4.74 Å². The highest BCUT2D eigenvalue weighted by molar-refractivity contribution is 7.89. The Morgan fingerprint density at radius 3 is 2.30 bits per heavy atom. The lowest BCUT2D eigenvalue weighted by molar-refractivity contribution is -0.135. The molecule has 0 radical (unpaired) electrons. The lowest BCUT2D eigenvalue weighted by atomic mass is 9.96. The Morgan fingerprint density at radius 1 is 1.00 bits per heavy atom. The molecule has 0 N–H and O–H groups in total. The van der Waals surface area contributed by atoms with Crippen molar-refractivity contribution in [2.24, 2.45) is 5.92 Å². The summed E-state index contributed by atoms with van der Waals surface area (Å²) < 4.78 is 32.9. The molecule has 1 amide bonds. The number of benzene rings is 2. The molecule has 0 aliphatic carbocycles. The van der Waals surface area contributed by atoms with Crippen molar-refractivity contribution in [2.75, 3.05) is 51.3 Å². The summed E-state index contributed by atoms with van der Waals surface area (Å²) in [5, 5.41) is 0. The summed E-state index contributed by atoms with van der Waals surface area (Å²) in [7, 11) is -1.68. The third-order valence-electron chi connectivity index (χ3n) is 6.59. The van der Waals surface area contributed by atoms with Crippen molar-refractivity contribution in [3.8, 4) is 0 Å². The van der Waals surface area contributed by atoms with Crippen LogP contribution in [0.5, 0.6) is 0 Å². The highest BCUT2D eigenvalue weighted by Gasteiger charge is 2.33. The molecule has 4 rings (SSSR count). The monoisotopic (exact) mass is 471 g/mol. The summed E-state index contributed by atoms with van der Waals surface area (Å²) in [6, 6.07) is 15.1. The van der Waals surface area contributed by atoms with Crippen LogP contribution in [0.2, 0.25) is 0 Å². The highest BCUT2D eigenvalue weighted by atomic mass is 32.2. The second-order valence-electron chi connectivity index (χ2n) is 8.91. The number of ether oxygens (including phenoxy) is 1. The van der Waals surface area contributed by atoms with Crippen LogP contribution in [0.4, 0.5) is 5.69 Å². The second-order valence-corrected chi connectivity index (χ2v) is 10.9. The van der Waals surface area contributed by atoms with Crippen LogP contribution >= 0.6 is 0 Å². The maximum atomic E-state index is 13.2. The first kappa shape index (κ1) is 23.7. The molecule has 8 heteroatoms. The summed E-state index contributed by atoms with van der Waals surface area (Å²) in [5.41, 5.74) is 3.30. The number of nitrogens with zero attached hydrogens (tertiary/aromatic N) is 3. The third kappa shape index (κ3) is 5.39. The van der Waals surface area contributed by atoms with Gasteiger partial charge in [-0.25, -0.2) is 8.42 Å². The fraction of sp³-hybridized carbons (Fsp3) is 0.480. The number of anilines is 1. The second kappa shape index (κ2) is 10.2. The van der Waals surface area contributed by atoms with E-state index in [1.807, 2.05) is 38.2 Å². The number of piperidine rings is 1. The van der Waals surface area contributed by atoms with E-state index in [1.165, 1.54) is 4.31 Å². The van der Waals surface area contributed by atoms with E-state index in [0.717, 1.165) is 29.9 Å². The number of carbonyl (C=O) groups excluding carboxylic acids is 1. The van der Waals surface area contributed by atoms with Gasteiger partial charge in [0.15, 0.2) is 0 Å². The van der Waals surface area contributed by atoms with Gasteiger partial charge in [0.2, 0.25) is 15.9 Å². The molecule has 0 aromatic heterocycles. The highest BCUT2D eigenvalue weighted by Crippen LogP contribution is 2.27. The van der Waals surface area contributed by atoms with Crippen molar-refractivity contribution < 1.29 is 17.9 Å². The lowest BCUT2D eigenvalue weighted by Crippen LogP contribution is -2.43. The van der Waals surface area contributed by atoms with Gasteiger partial charge in [0.05, 0.1) is 18.1 Å². The first-order chi connectivity index (χ1) is 15.9. The number of amides is 1. The van der Waals surface area contributed by atoms with Crippen molar-refractivity contribution >= 4 is 21.6 Å². The van der Waals surface area contributed by atoms with Crippen LogP contribution in [0.25, 0.3) is 0 Å². The zero-order chi connectivity index (χ0) is 23.4. The van der Waals surface area contributed by atoms with Gasteiger partial charge in [0, 0.05) is 51.4 Å². The number of carbonyl (C=O) groups is 1. The third-order valence-corrected chi connectivity index (χ3v) is 8.50. The molecule has 2 aliphatic rings. The van der Waals surface area contributed by atoms with Crippen LogP contribution in [0.15, 0.2) is 53.4 Å². The van der Waals surface area contributed by atoms with Crippen molar-refractivity contribution in [2.45, 2.75) is 31.2 Å². The maximum absolute atomic E-state index is 13.2. The molecule has 0 unspecified atom stereocenters. The van der Waals surface area contributed by atoms with E-state index in [2.05, 4.69) is 17.0 Å². The Bertz CT molecular complexity index is 1060. The molecule has 2 heterocycles. The average Bonchev–Trinajstić information content (AvgIpc) is 2.85. The molecule has 33 heavy (non-hydrogen) atoms. The Kier molecular flexibility index (Phi) is 7.36. The molecule has 2 aromatic carbocycles. The van der Waals surface area contributed by atoms with Crippen molar-refractivity contribution in [1.29, 1.82) is 0 Å². The van der Waals surface area contributed by atoms with Gasteiger partial charge in [-0.05, 0) is 43.5 Å². The fourth-order valence-electron chi connectivity index (χ4n) is 4.60. The molecular weight excluding hydrogens is 438 g/mol. The van der Waals surface area contributed by atoms with Crippen LogP contribution in [0.3, 0.4) is 0 Å². The SMILES string of the molecule is Cc1ccc(S(=O)(=O)N2CCC(C(=O)N(C)Cc3ccccc3N3CCOCC3)CC2)cc1. The van der Waals surface area contributed by atoms with Crippen molar-refractivity contribution in [1.82, 2.24) is 9.21 Å². The first-order valence-electron chi connectivity index (χ1n) is 11.6. The molecule has 0 saturated carbocycles. The van der Waals surface area contributed by atoms with E-state index in [-0.39, 0.29) is 11.8 Å². The van der Waals surface area contributed by atoms with E-state index < -0.39 is 10.0 Å². The largest absolute Gasteiger partial charge is 0.378 e.